The topological polar surface area (TPSA) is 118 Å². The maximum Gasteiger partial charge on any atom is 0.229 e. The summed E-state index contributed by atoms with van der Waals surface area (Å²) >= 11 is 0. The molecule has 1 aliphatic rings. The monoisotopic (exact) mass is 377 g/mol. The maximum absolute atomic E-state index is 6.03. The van der Waals surface area contributed by atoms with E-state index in [0.29, 0.717) is 23.6 Å². The maximum atomic E-state index is 6.03. The standard InChI is InChI=1S/C20H23N7O/c1-11-15-7-6-14(10-17(15)27-26-11)23-20-24-16-8-9-28-18(16)19(25-20)22-13-4-2-12(21)3-5-13/h6-10,12-13H,2-5,21H2,1H3,(H,26,27)(H2,22,23,24,25)/t12-,13-. The zero-order valence-electron chi connectivity index (χ0n) is 15.7. The van der Waals surface area contributed by atoms with E-state index >= 15 is 0 Å². The van der Waals surface area contributed by atoms with Gasteiger partial charge < -0.3 is 20.8 Å². The molecule has 8 heteroatoms. The first-order chi connectivity index (χ1) is 13.7. The lowest BCUT2D eigenvalue weighted by Crippen LogP contribution is -2.33. The van der Waals surface area contributed by atoms with E-state index in [2.05, 4.69) is 30.8 Å². The summed E-state index contributed by atoms with van der Waals surface area (Å²) in [5.41, 5.74) is 10.3. The smallest absolute Gasteiger partial charge is 0.229 e. The van der Waals surface area contributed by atoms with Crippen LogP contribution in [0.3, 0.4) is 0 Å². The average Bonchev–Trinajstić information content (AvgIpc) is 3.30. The molecular formula is C20H23N7O. The van der Waals surface area contributed by atoms with Gasteiger partial charge in [-0.1, -0.05) is 0 Å². The van der Waals surface area contributed by atoms with E-state index in [1.54, 1.807) is 6.26 Å². The highest BCUT2D eigenvalue weighted by atomic mass is 16.3. The molecule has 0 saturated heterocycles. The van der Waals surface area contributed by atoms with Crippen LogP contribution in [0.2, 0.25) is 0 Å². The van der Waals surface area contributed by atoms with E-state index in [-0.39, 0.29) is 0 Å². The lowest BCUT2D eigenvalue weighted by atomic mass is 9.92. The highest BCUT2D eigenvalue weighted by molar-refractivity contribution is 5.87. The van der Waals surface area contributed by atoms with E-state index < -0.39 is 0 Å². The second kappa shape index (κ2) is 6.79. The molecule has 28 heavy (non-hydrogen) atoms. The molecule has 3 aromatic heterocycles. The number of furan rings is 1. The van der Waals surface area contributed by atoms with Gasteiger partial charge in [-0.25, -0.2) is 4.98 Å². The first-order valence-electron chi connectivity index (χ1n) is 9.65. The number of H-pyrrole nitrogens is 1. The van der Waals surface area contributed by atoms with Gasteiger partial charge in [0.2, 0.25) is 5.95 Å². The van der Waals surface area contributed by atoms with E-state index in [0.717, 1.165) is 59.3 Å². The van der Waals surface area contributed by atoms with Gasteiger partial charge in [0, 0.05) is 29.2 Å². The van der Waals surface area contributed by atoms with E-state index in [9.17, 15) is 0 Å². The van der Waals surface area contributed by atoms with Gasteiger partial charge in [-0.2, -0.15) is 10.1 Å². The Morgan fingerprint density at radius 2 is 2.00 bits per heavy atom. The molecule has 0 amide bonds. The third-order valence-corrected chi connectivity index (χ3v) is 5.43. The number of hydrogen-bond donors (Lipinski definition) is 4. The Balaban J connectivity index is 1.44. The molecule has 5 N–H and O–H groups in total. The SMILES string of the molecule is Cc1n[nH]c2cc(Nc3nc(N[C@H]4CC[C@H](N)CC4)c4occc4n3)ccc12. The van der Waals surface area contributed by atoms with Gasteiger partial charge in [0.1, 0.15) is 5.52 Å². The first kappa shape index (κ1) is 17.0. The van der Waals surface area contributed by atoms with Gasteiger partial charge in [0.05, 0.1) is 17.5 Å². The van der Waals surface area contributed by atoms with Gasteiger partial charge >= 0.3 is 0 Å². The average molecular weight is 377 g/mol. The summed E-state index contributed by atoms with van der Waals surface area (Å²) < 4.78 is 5.62. The highest BCUT2D eigenvalue weighted by Crippen LogP contribution is 2.28. The van der Waals surface area contributed by atoms with Gasteiger partial charge in [-0.05, 0) is 50.8 Å². The molecule has 4 aromatic rings. The van der Waals surface area contributed by atoms with Crippen molar-refractivity contribution in [1.82, 2.24) is 20.2 Å². The van der Waals surface area contributed by atoms with Crippen molar-refractivity contribution in [2.45, 2.75) is 44.7 Å². The largest absolute Gasteiger partial charge is 0.459 e. The number of aryl methyl sites for hydroxylation is 1. The summed E-state index contributed by atoms with van der Waals surface area (Å²) in [5, 5.41) is 15.2. The quantitative estimate of drug-likeness (QED) is 0.427. The van der Waals surface area contributed by atoms with Gasteiger partial charge in [0.25, 0.3) is 0 Å². The fourth-order valence-electron chi connectivity index (χ4n) is 3.84. The van der Waals surface area contributed by atoms with Crippen molar-refractivity contribution in [2.24, 2.45) is 5.73 Å². The van der Waals surface area contributed by atoms with Crippen LogP contribution >= 0.6 is 0 Å². The number of fused-ring (bicyclic) bond motifs is 2. The summed E-state index contributed by atoms with van der Waals surface area (Å²) in [6, 6.07) is 8.56. The number of anilines is 3. The Bertz CT molecular complexity index is 1120. The molecular weight excluding hydrogens is 354 g/mol. The number of aromatic nitrogens is 4. The van der Waals surface area contributed by atoms with Gasteiger partial charge in [-0.3, -0.25) is 5.10 Å². The summed E-state index contributed by atoms with van der Waals surface area (Å²) in [6.07, 6.45) is 5.76. The molecule has 3 heterocycles. The van der Waals surface area contributed by atoms with Crippen LogP contribution < -0.4 is 16.4 Å². The minimum absolute atomic E-state index is 0.311. The van der Waals surface area contributed by atoms with E-state index in [1.165, 1.54) is 0 Å². The van der Waals surface area contributed by atoms with Crippen molar-refractivity contribution >= 4 is 39.5 Å². The molecule has 1 aromatic carbocycles. The van der Waals surface area contributed by atoms with Crippen molar-refractivity contribution in [3.8, 4) is 0 Å². The number of nitrogens with one attached hydrogen (secondary N) is 3. The molecule has 0 aliphatic heterocycles. The van der Waals surface area contributed by atoms with Crippen molar-refractivity contribution in [2.75, 3.05) is 10.6 Å². The molecule has 0 radical (unpaired) electrons. The summed E-state index contributed by atoms with van der Waals surface area (Å²) in [7, 11) is 0. The summed E-state index contributed by atoms with van der Waals surface area (Å²) in [4.78, 5) is 9.26. The molecule has 144 valence electrons. The van der Waals surface area contributed by atoms with Crippen LogP contribution in [0.25, 0.3) is 22.0 Å². The minimum Gasteiger partial charge on any atom is -0.459 e. The normalized spacial score (nSPS) is 19.9. The van der Waals surface area contributed by atoms with Crippen LogP contribution in [0.15, 0.2) is 34.9 Å². The van der Waals surface area contributed by atoms with Gasteiger partial charge in [-0.15, -0.1) is 0 Å². The fraction of sp³-hybridized carbons (Fsp3) is 0.350. The second-order valence-electron chi connectivity index (χ2n) is 7.48. The van der Waals surface area contributed by atoms with E-state index in [4.69, 9.17) is 10.2 Å². The molecule has 0 unspecified atom stereocenters. The van der Waals surface area contributed by atoms with Crippen molar-refractivity contribution in [1.29, 1.82) is 0 Å². The third-order valence-electron chi connectivity index (χ3n) is 5.43. The third kappa shape index (κ3) is 3.16. The number of aromatic amines is 1. The Kier molecular flexibility index (Phi) is 4.12. The zero-order valence-corrected chi connectivity index (χ0v) is 15.7. The minimum atomic E-state index is 0.311. The lowest BCUT2D eigenvalue weighted by molar-refractivity contribution is 0.410. The molecule has 1 saturated carbocycles. The molecule has 1 fully saturated rings. The molecule has 0 atom stereocenters. The number of benzene rings is 1. The summed E-state index contributed by atoms with van der Waals surface area (Å²) in [6.45, 7) is 1.98. The van der Waals surface area contributed by atoms with Crippen LogP contribution in [0.5, 0.6) is 0 Å². The number of nitrogens with zero attached hydrogens (tertiary/aromatic N) is 3. The molecule has 0 spiro atoms. The number of hydrogen-bond acceptors (Lipinski definition) is 7. The lowest BCUT2D eigenvalue weighted by Gasteiger charge is -2.27. The first-order valence-corrected chi connectivity index (χ1v) is 9.65. The fourth-order valence-corrected chi connectivity index (χ4v) is 3.84. The van der Waals surface area contributed by atoms with Crippen molar-refractivity contribution in [3.63, 3.8) is 0 Å². The van der Waals surface area contributed by atoms with Crippen molar-refractivity contribution in [3.05, 3.63) is 36.2 Å². The van der Waals surface area contributed by atoms with Crippen LogP contribution in [-0.2, 0) is 0 Å². The summed E-state index contributed by atoms with van der Waals surface area (Å²) in [5.74, 6) is 1.25. The van der Waals surface area contributed by atoms with Crippen LogP contribution in [0.1, 0.15) is 31.4 Å². The Hall–Kier alpha value is -3.13. The van der Waals surface area contributed by atoms with E-state index in [1.807, 2.05) is 31.2 Å². The van der Waals surface area contributed by atoms with Crippen molar-refractivity contribution < 1.29 is 4.42 Å². The highest BCUT2D eigenvalue weighted by Gasteiger charge is 2.21. The van der Waals surface area contributed by atoms with Crippen LogP contribution in [0, 0.1) is 6.92 Å². The number of rotatable bonds is 4. The predicted molar refractivity (Wildman–Crippen MR) is 110 cm³/mol. The number of nitrogens with two attached hydrogens (primary N) is 1. The van der Waals surface area contributed by atoms with Gasteiger partial charge in [0.15, 0.2) is 11.4 Å². The predicted octanol–water partition coefficient (Wildman–Crippen LogP) is 3.83. The Morgan fingerprint density at radius 1 is 1.14 bits per heavy atom. The van der Waals surface area contributed by atoms with Crippen LogP contribution in [0.4, 0.5) is 17.5 Å². The Morgan fingerprint density at radius 3 is 2.86 bits per heavy atom. The molecule has 5 rings (SSSR count). The zero-order chi connectivity index (χ0) is 19.1. The second-order valence-corrected chi connectivity index (χ2v) is 7.48. The molecule has 0 bridgehead atoms. The van der Waals surface area contributed by atoms with Crippen LogP contribution in [-0.4, -0.2) is 32.2 Å². The Labute approximate surface area is 161 Å². The molecule has 8 nitrogen and oxygen atoms in total. The molecule has 1 aliphatic carbocycles.